The lowest BCUT2D eigenvalue weighted by Gasteiger charge is -2.22. The number of aliphatic hydroxyl groups excluding tert-OH is 2. The highest BCUT2D eigenvalue weighted by Crippen LogP contribution is 2.20. The lowest BCUT2D eigenvalue weighted by atomic mass is 10.0. The molecule has 0 bridgehead atoms. The highest BCUT2D eigenvalue weighted by atomic mass is 16.3. The molecule has 1 amide bonds. The summed E-state index contributed by atoms with van der Waals surface area (Å²) >= 11 is 0. The van der Waals surface area contributed by atoms with Gasteiger partial charge in [-0.3, -0.25) is 4.79 Å². The van der Waals surface area contributed by atoms with E-state index < -0.39 is 12.1 Å². The Morgan fingerprint density at radius 2 is 0.512 bits per heavy atom. The minimum Gasteiger partial charge on any atom is -0.394 e. The minimum atomic E-state index is -0.660. The van der Waals surface area contributed by atoms with E-state index in [0.29, 0.717) is 12.8 Å². The summed E-state index contributed by atoms with van der Waals surface area (Å²) in [5.74, 6) is -0.0223. The molecule has 80 heavy (non-hydrogen) atoms. The Bertz CT molecular complexity index is 1230. The van der Waals surface area contributed by atoms with Gasteiger partial charge in [0.2, 0.25) is 5.91 Å². The highest BCUT2D eigenvalue weighted by Gasteiger charge is 2.20. The average molecular weight is 1120 g/mol. The Kier molecular flexibility index (Phi) is 70.6. The van der Waals surface area contributed by atoms with Gasteiger partial charge < -0.3 is 15.5 Å². The average Bonchev–Trinajstić information content (AvgIpc) is 3.46. The van der Waals surface area contributed by atoms with E-state index in [-0.39, 0.29) is 12.5 Å². The third kappa shape index (κ3) is 67.4. The summed E-state index contributed by atoms with van der Waals surface area (Å²) in [6.45, 7) is 4.40. The summed E-state index contributed by atoms with van der Waals surface area (Å²) in [5, 5.41) is 23.5. The van der Waals surface area contributed by atoms with Crippen molar-refractivity contribution in [3.8, 4) is 0 Å². The first-order valence-corrected chi connectivity index (χ1v) is 37.2. The van der Waals surface area contributed by atoms with Gasteiger partial charge in [-0.25, -0.2) is 0 Å². The number of allylic oxidation sites excluding steroid dienone is 6. The van der Waals surface area contributed by atoms with Crippen molar-refractivity contribution in [2.24, 2.45) is 0 Å². The zero-order chi connectivity index (χ0) is 57.6. The molecule has 0 spiro atoms. The van der Waals surface area contributed by atoms with Gasteiger partial charge in [0.15, 0.2) is 0 Å². The molecule has 0 aromatic rings. The molecule has 3 N–H and O–H groups in total. The number of nitrogens with one attached hydrogen (secondary N) is 1. The maximum absolute atomic E-state index is 12.6. The second-order valence-electron chi connectivity index (χ2n) is 25.7. The monoisotopic (exact) mass is 1120 g/mol. The molecule has 4 nitrogen and oxygen atoms in total. The van der Waals surface area contributed by atoms with Crippen LogP contribution in [-0.2, 0) is 4.79 Å². The van der Waals surface area contributed by atoms with Gasteiger partial charge in [-0.15, -0.1) is 0 Å². The Hall–Kier alpha value is -1.39. The van der Waals surface area contributed by atoms with Crippen LogP contribution in [0.1, 0.15) is 425 Å². The maximum Gasteiger partial charge on any atom is 0.220 e. The molecule has 0 radical (unpaired) electrons. The molecule has 0 aliphatic rings. The zero-order valence-electron chi connectivity index (χ0n) is 54.9. The minimum absolute atomic E-state index is 0.0223. The number of hydrogen-bond donors (Lipinski definition) is 3. The number of aliphatic hydroxyl groups is 2. The van der Waals surface area contributed by atoms with Crippen LogP contribution >= 0.6 is 0 Å². The fraction of sp³-hybridized carbons (Fsp3) is 0.908. The van der Waals surface area contributed by atoms with Crippen molar-refractivity contribution < 1.29 is 15.0 Å². The topological polar surface area (TPSA) is 69.6 Å². The molecule has 0 saturated heterocycles. The lowest BCUT2D eigenvalue weighted by Crippen LogP contribution is -2.45. The molecule has 0 saturated carbocycles. The molecule has 2 unspecified atom stereocenters. The van der Waals surface area contributed by atoms with Gasteiger partial charge in [-0.2, -0.15) is 0 Å². The number of hydrogen-bond acceptors (Lipinski definition) is 3. The molecule has 0 heterocycles. The molecule has 0 aliphatic heterocycles. The van der Waals surface area contributed by atoms with E-state index in [0.717, 1.165) is 38.5 Å². The zero-order valence-corrected chi connectivity index (χ0v) is 54.9. The largest absolute Gasteiger partial charge is 0.394 e. The summed E-state index contributed by atoms with van der Waals surface area (Å²) in [4.78, 5) is 12.6. The lowest BCUT2D eigenvalue weighted by molar-refractivity contribution is -0.123. The van der Waals surface area contributed by atoms with E-state index in [1.165, 1.54) is 360 Å². The molecule has 4 heteroatoms. The van der Waals surface area contributed by atoms with Crippen LogP contribution < -0.4 is 5.32 Å². The third-order valence-corrected chi connectivity index (χ3v) is 17.7. The maximum atomic E-state index is 12.6. The number of amides is 1. The standard InChI is InChI=1S/C76H147NO3/c1-3-5-7-9-11-13-15-17-19-21-23-25-27-29-31-33-35-37-38-40-42-44-46-48-50-52-54-56-58-60-62-64-66-68-70-72-76(80)77-74(73-78)75(79)71-69-67-65-63-61-59-57-55-53-51-49-47-45-43-41-39-36-34-32-30-28-26-24-22-20-18-16-14-12-10-8-6-4-2/h15,17,21,23,27,29,74-75,78-79H,3-14,16,18-20,22,24-26,28,30-73H2,1-2H3,(H,77,80)/b17-15-,23-21-,29-27-. The fourth-order valence-electron chi connectivity index (χ4n) is 12.0. The van der Waals surface area contributed by atoms with E-state index in [1.807, 2.05) is 0 Å². The smallest absolute Gasteiger partial charge is 0.220 e. The van der Waals surface area contributed by atoms with Gasteiger partial charge in [0.25, 0.3) is 0 Å². The molecule has 0 aromatic carbocycles. The van der Waals surface area contributed by atoms with Crippen molar-refractivity contribution in [1.29, 1.82) is 0 Å². The third-order valence-electron chi connectivity index (χ3n) is 17.7. The summed E-state index contributed by atoms with van der Waals surface area (Å²) in [6.07, 6.45) is 99.4. The second kappa shape index (κ2) is 71.9. The highest BCUT2D eigenvalue weighted by molar-refractivity contribution is 5.76. The van der Waals surface area contributed by atoms with Crippen LogP contribution in [-0.4, -0.2) is 34.9 Å². The first-order valence-electron chi connectivity index (χ1n) is 37.2. The molecule has 2 atom stereocenters. The van der Waals surface area contributed by atoms with Crippen molar-refractivity contribution in [3.05, 3.63) is 36.5 Å². The quantitative estimate of drug-likeness (QED) is 0.0420. The number of carbonyl (C=O) groups is 1. The first-order chi connectivity index (χ1) is 39.7. The molecule has 474 valence electrons. The van der Waals surface area contributed by atoms with E-state index in [4.69, 9.17) is 0 Å². The molecule has 0 rings (SSSR count). The van der Waals surface area contributed by atoms with Crippen LogP contribution in [0, 0.1) is 0 Å². The SMILES string of the molecule is CCCCCCC/C=C\C/C=C\C/C=C\CCCCCCCCCCCCCCCCCCCCCCC(=O)NC(CO)C(O)CCCCCCCCCCCCCCCCCCCCCCCCCCCCCCCCCCC. The molecule has 0 aromatic heterocycles. The van der Waals surface area contributed by atoms with Crippen molar-refractivity contribution in [2.75, 3.05) is 6.61 Å². The van der Waals surface area contributed by atoms with Crippen molar-refractivity contribution >= 4 is 5.91 Å². The van der Waals surface area contributed by atoms with Gasteiger partial charge in [0, 0.05) is 6.42 Å². The molecular weight excluding hydrogens is 975 g/mol. The van der Waals surface area contributed by atoms with Crippen LogP contribution in [0.2, 0.25) is 0 Å². The second-order valence-corrected chi connectivity index (χ2v) is 25.7. The van der Waals surface area contributed by atoms with E-state index in [9.17, 15) is 15.0 Å². The van der Waals surface area contributed by atoms with Crippen molar-refractivity contribution in [1.82, 2.24) is 5.32 Å². The summed E-state index contributed by atoms with van der Waals surface area (Å²) in [5.41, 5.74) is 0. The fourth-order valence-corrected chi connectivity index (χ4v) is 12.0. The van der Waals surface area contributed by atoms with Crippen molar-refractivity contribution in [2.45, 2.75) is 437 Å². The molecule has 0 aliphatic carbocycles. The summed E-state index contributed by atoms with van der Waals surface area (Å²) in [7, 11) is 0. The normalized spacial score (nSPS) is 12.8. The van der Waals surface area contributed by atoms with Gasteiger partial charge in [-0.1, -0.05) is 403 Å². The number of rotatable bonds is 70. The Balaban J connectivity index is 3.38. The molecule has 0 fully saturated rings. The van der Waals surface area contributed by atoms with Crippen molar-refractivity contribution in [3.63, 3.8) is 0 Å². The van der Waals surface area contributed by atoms with E-state index in [1.54, 1.807) is 0 Å². The van der Waals surface area contributed by atoms with Crippen LogP contribution in [0.25, 0.3) is 0 Å². The Morgan fingerprint density at radius 3 is 0.762 bits per heavy atom. The first kappa shape index (κ1) is 78.6. The van der Waals surface area contributed by atoms with Gasteiger partial charge in [0.05, 0.1) is 18.8 Å². The Labute approximate surface area is 503 Å². The van der Waals surface area contributed by atoms with Crippen LogP contribution in [0.5, 0.6) is 0 Å². The van der Waals surface area contributed by atoms with Gasteiger partial charge >= 0.3 is 0 Å². The predicted octanol–water partition coefficient (Wildman–Crippen LogP) is 25.5. The van der Waals surface area contributed by atoms with Gasteiger partial charge in [0.1, 0.15) is 0 Å². The Morgan fingerprint density at radius 1 is 0.300 bits per heavy atom. The van der Waals surface area contributed by atoms with Crippen LogP contribution in [0.3, 0.4) is 0 Å². The number of unbranched alkanes of at least 4 members (excludes halogenated alkanes) is 57. The number of carbonyl (C=O) groups excluding carboxylic acids is 1. The van der Waals surface area contributed by atoms with Crippen LogP contribution in [0.15, 0.2) is 36.5 Å². The van der Waals surface area contributed by atoms with Crippen LogP contribution in [0.4, 0.5) is 0 Å². The summed E-state index contributed by atoms with van der Waals surface area (Å²) in [6, 6.07) is -0.537. The van der Waals surface area contributed by atoms with E-state index in [2.05, 4.69) is 55.6 Å². The molecular formula is C76H147NO3. The summed E-state index contributed by atoms with van der Waals surface area (Å²) < 4.78 is 0. The predicted molar refractivity (Wildman–Crippen MR) is 359 cm³/mol. The van der Waals surface area contributed by atoms with Gasteiger partial charge in [-0.05, 0) is 51.4 Å². The van der Waals surface area contributed by atoms with E-state index >= 15 is 0 Å².